The van der Waals surface area contributed by atoms with Gasteiger partial charge in [-0.1, -0.05) is 11.6 Å². The van der Waals surface area contributed by atoms with Gasteiger partial charge in [0.2, 0.25) is 5.96 Å². The number of nitrogens with two attached hydrogens (primary N) is 1. The third kappa shape index (κ3) is 2.04. The van der Waals surface area contributed by atoms with E-state index < -0.39 is 5.96 Å². The van der Waals surface area contributed by atoms with E-state index in [-0.39, 0.29) is 5.56 Å². The number of rotatable bonds is 1. The van der Waals surface area contributed by atoms with Crippen LogP contribution in [0.2, 0.25) is 5.02 Å². The molecule has 0 aliphatic rings. The fraction of sp³-hybridized carbons (Fsp3) is 0. The van der Waals surface area contributed by atoms with Crippen LogP contribution in [0.25, 0.3) is 27.5 Å². The zero-order valence-electron chi connectivity index (χ0n) is 12.1. The van der Waals surface area contributed by atoms with E-state index in [0.29, 0.717) is 38.2 Å². The fourth-order valence-electron chi connectivity index (χ4n) is 2.71. The van der Waals surface area contributed by atoms with Crippen LogP contribution in [0.5, 0.6) is 0 Å². The number of aromatic amines is 1. The van der Waals surface area contributed by atoms with E-state index in [0.717, 1.165) is 0 Å². The van der Waals surface area contributed by atoms with Crippen molar-refractivity contribution in [3.8, 4) is 0 Å². The van der Waals surface area contributed by atoms with Crippen LogP contribution in [-0.4, -0.2) is 20.3 Å². The maximum absolute atomic E-state index is 12.9. The molecule has 3 aromatic heterocycles. The van der Waals surface area contributed by atoms with E-state index in [9.17, 15) is 4.79 Å². The number of fused-ring (bicyclic) bond motifs is 4. The summed E-state index contributed by atoms with van der Waals surface area (Å²) in [7, 11) is 0. The van der Waals surface area contributed by atoms with Crippen molar-refractivity contribution in [3.05, 3.63) is 52.0 Å². The third-order valence-electron chi connectivity index (χ3n) is 3.67. The quantitative estimate of drug-likeness (QED) is 0.280. The van der Waals surface area contributed by atoms with Gasteiger partial charge >= 0.3 is 0 Å². The maximum Gasteiger partial charge on any atom is 0.266 e. The van der Waals surface area contributed by atoms with Gasteiger partial charge < -0.3 is 10.7 Å². The van der Waals surface area contributed by atoms with Crippen molar-refractivity contribution < 1.29 is 0 Å². The first-order chi connectivity index (χ1) is 11.6. The number of benzene rings is 1. The van der Waals surface area contributed by atoms with Crippen molar-refractivity contribution in [2.24, 2.45) is 16.0 Å². The molecule has 0 saturated heterocycles. The first kappa shape index (κ1) is 14.3. The molecule has 0 amide bonds. The molecule has 0 saturated carbocycles. The number of nitrogens with zero attached hydrogens (tertiary/aromatic N) is 4. The predicted octanol–water partition coefficient (Wildman–Crippen LogP) is 2.96. The van der Waals surface area contributed by atoms with Crippen molar-refractivity contribution in [1.82, 2.24) is 14.4 Å². The summed E-state index contributed by atoms with van der Waals surface area (Å²) in [5.74, 6) is -0.436. The van der Waals surface area contributed by atoms with Gasteiger partial charge in [0, 0.05) is 16.6 Å². The highest BCUT2D eigenvalue weighted by Gasteiger charge is 2.16. The fourth-order valence-corrected chi connectivity index (χ4v) is 2.88. The monoisotopic (exact) mass is 339 g/mol. The van der Waals surface area contributed by atoms with E-state index in [1.807, 2.05) is 0 Å². The first-order valence-corrected chi connectivity index (χ1v) is 7.29. The minimum Gasteiger partial charge on any atom is -0.367 e. The van der Waals surface area contributed by atoms with E-state index in [2.05, 4.69) is 20.2 Å². The molecular formula is C15H10ClN7O. The minimum absolute atomic E-state index is 0.210. The Balaban J connectivity index is 2.27. The number of pyridine rings is 1. The van der Waals surface area contributed by atoms with Crippen LogP contribution < -0.4 is 11.3 Å². The Labute approximate surface area is 139 Å². The number of hydrogen-bond acceptors (Lipinski definition) is 4. The number of H-pyrrole nitrogens is 1. The Hall–Kier alpha value is -3.26. The number of halogens is 1. The number of nitrogens with one attached hydrogen (secondary N) is 2. The van der Waals surface area contributed by atoms with Gasteiger partial charge in [0.15, 0.2) is 0 Å². The SMILES string of the molecule is N=C(N)N=Nc1c2cc(Cl)ccc2n2c(=O)c3ccncc3[nH]c12. The topological polar surface area (TPSA) is 125 Å². The molecule has 118 valence electrons. The van der Waals surface area contributed by atoms with Gasteiger partial charge in [-0.05, 0) is 24.3 Å². The van der Waals surface area contributed by atoms with Gasteiger partial charge in [-0.2, -0.15) is 0 Å². The highest BCUT2D eigenvalue weighted by molar-refractivity contribution is 6.31. The lowest BCUT2D eigenvalue weighted by Crippen LogP contribution is -2.13. The average molecular weight is 340 g/mol. The molecule has 9 heteroatoms. The molecule has 0 aliphatic heterocycles. The molecule has 24 heavy (non-hydrogen) atoms. The van der Waals surface area contributed by atoms with Crippen molar-refractivity contribution in [1.29, 1.82) is 5.41 Å². The maximum atomic E-state index is 12.9. The van der Waals surface area contributed by atoms with Crippen molar-refractivity contribution in [2.45, 2.75) is 0 Å². The molecule has 4 aromatic rings. The summed E-state index contributed by atoms with van der Waals surface area (Å²) in [4.78, 5) is 20.0. The van der Waals surface area contributed by atoms with Gasteiger partial charge in [-0.3, -0.25) is 19.6 Å². The molecule has 0 radical (unpaired) electrons. The van der Waals surface area contributed by atoms with Crippen molar-refractivity contribution >= 4 is 50.7 Å². The third-order valence-corrected chi connectivity index (χ3v) is 3.90. The number of guanidine groups is 1. The van der Waals surface area contributed by atoms with Crippen LogP contribution in [0.1, 0.15) is 0 Å². The molecular weight excluding hydrogens is 330 g/mol. The van der Waals surface area contributed by atoms with Gasteiger partial charge in [-0.15, -0.1) is 10.2 Å². The van der Waals surface area contributed by atoms with Crippen molar-refractivity contribution in [3.63, 3.8) is 0 Å². The summed E-state index contributed by atoms with van der Waals surface area (Å²) in [6, 6.07) is 6.76. The zero-order valence-corrected chi connectivity index (χ0v) is 12.9. The summed E-state index contributed by atoms with van der Waals surface area (Å²) in [5.41, 5.74) is 7.06. The molecule has 0 fully saturated rings. The molecule has 0 aliphatic carbocycles. The second kappa shape index (κ2) is 5.14. The highest BCUT2D eigenvalue weighted by Crippen LogP contribution is 2.34. The second-order valence-corrected chi connectivity index (χ2v) is 5.57. The second-order valence-electron chi connectivity index (χ2n) is 5.13. The molecule has 0 bridgehead atoms. The molecule has 4 N–H and O–H groups in total. The largest absolute Gasteiger partial charge is 0.367 e. The smallest absolute Gasteiger partial charge is 0.266 e. The minimum atomic E-state index is -0.436. The van der Waals surface area contributed by atoms with Crippen LogP contribution in [-0.2, 0) is 0 Å². The standard InChI is InChI=1S/C15H10ClN7O/c16-7-1-2-11-9(5-7)12(21-22-15(17)18)13-20-10-6-19-4-3-8(10)14(24)23(11)13/h1-6,20H,(H3,17,18). The molecule has 8 nitrogen and oxygen atoms in total. The van der Waals surface area contributed by atoms with Crippen LogP contribution >= 0.6 is 11.6 Å². The Morgan fingerprint density at radius 2 is 2.17 bits per heavy atom. The van der Waals surface area contributed by atoms with Gasteiger partial charge in [0.05, 0.1) is 22.6 Å². The summed E-state index contributed by atoms with van der Waals surface area (Å²) in [6.07, 6.45) is 3.12. The Bertz CT molecular complexity index is 1220. The van der Waals surface area contributed by atoms with E-state index in [1.54, 1.807) is 36.7 Å². The highest BCUT2D eigenvalue weighted by atomic mass is 35.5. The predicted molar refractivity (Wildman–Crippen MR) is 92.3 cm³/mol. The van der Waals surface area contributed by atoms with E-state index in [4.69, 9.17) is 22.7 Å². The zero-order chi connectivity index (χ0) is 16.8. The Morgan fingerprint density at radius 1 is 1.33 bits per heavy atom. The first-order valence-electron chi connectivity index (χ1n) is 6.91. The summed E-state index contributed by atoms with van der Waals surface area (Å²) in [5, 5.41) is 16.5. The Morgan fingerprint density at radius 3 is 2.96 bits per heavy atom. The van der Waals surface area contributed by atoms with Crippen LogP contribution in [0.15, 0.2) is 51.7 Å². The summed E-state index contributed by atoms with van der Waals surface area (Å²) in [6.45, 7) is 0. The van der Waals surface area contributed by atoms with Gasteiger partial charge in [-0.25, -0.2) is 0 Å². The lowest BCUT2D eigenvalue weighted by atomic mass is 10.2. The molecule has 0 unspecified atom stereocenters. The molecule has 0 atom stereocenters. The van der Waals surface area contributed by atoms with Crippen LogP contribution in [0.3, 0.4) is 0 Å². The number of hydrogen-bond donors (Lipinski definition) is 3. The van der Waals surface area contributed by atoms with Crippen LogP contribution in [0, 0.1) is 5.41 Å². The summed E-state index contributed by atoms with van der Waals surface area (Å²) >= 11 is 6.08. The van der Waals surface area contributed by atoms with Crippen LogP contribution in [0.4, 0.5) is 5.69 Å². The van der Waals surface area contributed by atoms with Gasteiger partial charge in [0.1, 0.15) is 11.3 Å². The van der Waals surface area contributed by atoms with E-state index >= 15 is 0 Å². The normalized spacial score (nSPS) is 11.9. The molecule has 3 heterocycles. The van der Waals surface area contributed by atoms with Crippen molar-refractivity contribution in [2.75, 3.05) is 0 Å². The number of aromatic nitrogens is 3. The molecule has 0 spiro atoms. The molecule has 1 aromatic carbocycles. The summed E-state index contributed by atoms with van der Waals surface area (Å²) < 4.78 is 1.50. The average Bonchev–Trinajstić information content (AvgIpc) is 2.86. The number of azo groups is 1. The van der Waals surface area contributed by atoms with E-state index in [1.165, 1.54) is 4.40 Å². The Kier molecular flexibility index (Phi) is 3.07. The van der Waals surface area contributed by atoms with Gasteiger partial charge in [0.25, 0.3) is 5.56 Å². The lowest BCUT2D eigenvalue weighted by Gasteiger charge is -2.01. The lowest BCUT2D eigenvalue weighted by molar-refractivity contribution is 1.13. The molecule has 4 rings (SSSR count).